The molecule has 5 rings (SSSR count). The number of hydrogen-bond donors (Lipinski definition) is 1. The molecule has 0 aliphatic carbocycles. The van der Waals surface area contributed by atoms with E-state index in [1.54, 1.807) is 49.4 Å². The van der Waals surface area contributed by atoms with Gasteiger partial charge in [-0.25, -0.2) is 9.78 Å². The third kappa shape index (κ3) is 7.05. The van der Waals surface area contributed by atoms with Crippen molar-refractivity contribution in [2.75, 3.05) is 25.2 Å². The quantitative estimate of drug-likeness (QED) is 0.0545. The zero-order valence-electron chi connectivity index (χ0n) is 26.2. The van der Waals surface area contributed by atoms with E-state index < -0.39 is 23.7 Å². The van der Waals surface area contributed by atoms with Crippen molar-refractivity contribution in [1.82, 2.24) is 4.98 Å². The van der Waals surface area contributed by atoms with E-state index in [1.807, 2.05) is 37.3 Å². The normalized spacial score (nSPS) is 15.4. The van der Waals surface area contributed by atoms with Gasteiger partial charge in [-0.1, -0.05) is 79.4 Å². The summed E-state index contributed by atoms with van der Waals surface area (Å²) in [5.41, 5.74) is 1.85. The molecule has 47 heavy (non-hydrogen) atoms. The second-order valence-corrected chi connectivity index (χ2v) is 11.5. The van der Waals surface area contributed by atoms with E-state index in [1.165, 1.54) is 18.1 Å². The van der Waals surface area contributed by atoms with Gasteiger partial charge in [0.15, 0.2) is 16.6 Å². The van der Waals surface area contributed by atoms with Crippen LogP contribution in [0.3, 0.4) is 0 Å². The standard InChI is InChI=1S/C36H34N2O8S/c1-5-17-44-26-14-10-13-25(19-26)31(39)29-30(24-15-16-27(28(20-24)43-4)46-21-23-11-8-7-9-12-23)38(34(41)32(29)40)36-37-22(3)33(47-36)35(42)45-18-6-2/h6-16,19-20,30,39H,2,5,17-18,21H2,1,3-4H3/b31-29+. The first-order valence-electron chi connectivity index (χ1n) is 14.9. The molecule has 3 aromatic carbocycles. The smallest absolute Gasteiger partial charge is 0.350 e. The number of ether oxygens (including phenoxy) is 4. The Bertz CT molecular complexity index is 1830. The van der Waals surface area contributed by atoms with Crippen LogP contribution < -0.4 is 19.1 Å². The topological polar surface area (TPSA) is 124 Å². The summed E-state index contributed by atoms with van der Waals surface area (Å²) in [5.74, 6) is -1.57. The van der Waals surface area contributed by atoms with Crippen molar-refractivity contribution in [2.24, 2.45) is 0 Å². The number of amides is 1. The summed E-state index contributed by atoms with van der Waals surface area (Å²) in [7, 11) is 1.48. The van der Waals surface area contributed by atoms with Crippen molar-refractivity contribution in [2.45, 2.75) is 32.9 Å². The van der Waals surface area contributed by atoms with Gasteiger partial charge < -0.3 is 24.1 Å². The van der Waals surface area contributed by atoms with Crippen LogP contribution >= 0.6 is 11.3 Å². The van der Waals surface area contributed by atoms with Crippen LogP contribution in [-0.4, -0.2) is 48.1 Å². The van der Waals surface area contributed by atoms with Crippen molar-refractivity contribution < 1.29 is 38.4 Å². The lowest BCUT2D eigenvalue weighted by Crippen LogP contribution is -2.29. The number of esters is 1. The van der Waals surface area contributed by atoms with Crippen LogP contribution in [-0.2, 0) is 20.9 Å². The van der Waals surface area contributed by atoms with E-state index in [4.69, 9.17) is 18.9 Å². The maximum absolute atomic E-state index is 13.8. The molecule has 1 unspecified atom stereocenters. The number of methoxy groups -OCH3 is 1. The van der Waals surface area contributed by atoms with E-state index in [0.717, 1.165) is 23.3 Å². The molecule has 0 bridgehead atoms. The van der Waals surface area contributed by atoms with Crippen molar-refractivity contribution in [1.29, 1.82) is 0 Å². The lowest BCUT2D eigenvalue weighted by Gasteiger charge is -2.24. The molecular formula is C36H34N2O8S. The minimum atomic E-state index is -1.13. The molecule has 1 aliphatic rings. The first-order valence-corrected chi connectivity index (χ1v) is 15.7. The first kappa shape index (κ1) is 33.0. The van der Waals surface area contributed by atoms with Crippen LogP contribution in [0.1, 0.15) is 51.4 Å². The second-order valence-electron chi connectivity index (χ2n) is 10.5. The highest BCUT2D eigenvalue weighted by atomic mass is 32.1. The van der Waals surface area contributed by atoms with Gasteiger partial charge in [-0.3, -0.25) is 14.5 Å². The fraction of sp³-hybridized carbons (Fsp3) is 0.222. The Balaban J connectivity index is 1.62. The van der Waals surface area contributed by atoms with Gasteiger partial charge in [-0.2, -0.15) is 0 Å². The Morgan fingerprint density at radius 1 is 1.04 bits per heavy atom. The number of rotatable bonds is 13. The minimum Gasteiger partial charge on any atom is -0.507 e. The van der Waals surface area contributed by atoms with Crippen LogP contribution in [0.2, 0.25) is 0 Å². The average molecular weight is 655 g/mol. The molecule has 11 heteroatoms. The number of benzene rings is 3. The monoisotopic (exact) mass is 654 g/mol. The molecule has 1 aliphatic heterocycles. The number of ketones is 1. The number of thiazole rings is 1. The number of anilines is 1. The molecule has 4 aromatic rings. The molecule has 1 fully saturated rings. The number of aromatic nitrogens is 1. The third-order valence-electron chi connectivity index (χ3n) is 7.27. The van der Waals surface area contributed by atoms with Gasteiger partial charge in [0.25, 0.3) is 5.78 Å². The summed E-state index contributed by atoms with van der Waals surface area (Å²) in [6.07, 6.45) is 2.22. The average Bonchev–Trinajstić information content (AvgIpc) is 3.61. The molecule has 1 aromatic heterocycles. The number of nitrogens with zero attached hydrogens (tertiary/aromatic N) is 2. The lowest BCUT2D eigenvalue weighted by molar-refractivity contribution is -0.132. The second kappa shape index (κ2) is 14.8. The molecule has 1 amide bonds. The molecule has 1 saturated heterocycles. The fourth-order valence-electron chi connectivity index (χ4n) is 5.04. The molecule has 10 nitrogen and oxygen atoms in total. The van der Waals surface area contributed by atoms with E-state index in [2.05, 4.69) is 11.6 Å². The maximum atomic E-state index is 13.8. The summed E-state index contributed by atoms with van der Waals surface area (Å²) in [4.78, 5) is 46.1. The van der Waals surface area contributed by atoms with Crippen molar-refractivity contribution in [3.63, 3.8) is 0 Å². The Morgan fingerprint density at radius 3 is 2.55 bits per heavy atom. The van der Waals surface area contributed by atoms with Crippen molar-refractivity contribution >= 4 is 39.9 Å². The molecule has 0 saturated carbocycles. The highest BCUT2D eigenvalue weighted by Gasteiger charge is 2.48. The van der Waals surface area contributed by atoms with Gasteiger partial charge in [0.1, 0.15) is 29.6 Å². The minimum absolute atomic E-state index is 0.00442. The largest absolute Gasteiger partial charge is 0.507 e. The number of Topliss-reactive ketones (excluding diaryl/α,β-unsaturated/α-hetero) is 1. The number of carbonyl (C=O) groups is 3. The fourth-order valence-corrected chi connectivity index (χ4v) is 6.02. The summed E-state index contributed by atoms with van der Waals surface area (Å²) >= 11 is 0.912. The molecule has 0 radical (unpaired) electrons. The predicted octanol–water partition coefficient (Wildman–Crippen LogP) is 6.80. The molecule has 2 heterocycles. The predicted molar refractivity (Wildman–Crippen MR) is 178 cm³/mol. The van der Waals surface area contributed by atoms with Gasteiger partial charge in [0.2, 0.25) is 0 Å². The summed E-state index contributed by atoms with van der Waals surface area (Å²) in [6, 6.07) is 20.2. The Morgan fingerprint density at radius 2 is 1.83 bits per heavy atom. The SMILES string of the molecule is C=CCOC(=O)c1sc(N2C(=O)C(=O)/C(=C(/O)c3cccc(OCCC)c3)C2c2ccc(OCc3ccccc3)c(OC)c2)nc1C. The third-order valence-corrected chi connectivity index (χ3v) is 8.41. The number of aryl methyl sites for hydroxylation is 1. The van der Waals surface area contributed by atoms with Crippen LogP contribution in [0, 0.1) is 6.92 Å². The van der Waals surface area contributed by atoms with Crippen molar-refractivity contribution in [3.8, 4) is 17.2 Å². The Kier molecular flexibility index (Phi) is 10.4. The number of aliphatic hydroxyl groups excluding tert-OH is 1. The lowest BCUT2D eigenvalue weighted by atomic mass is 9.95. The van der Waals surface area contributed by atoms with Crippen LogP contribution in [0.25, 0.3) is 5.76 Å². The summed E-state index contributed by atoms with van der Waals surface area (Å²) in [5, 5.41) is 11.7. The maximum Gasteiger partial charge on any atom is 0.350 e. The van der Waals surface area contributed by atoms with Gasteiger partial charge >= 0.3 is 11.9 Å². The van der Waals surface area contributed by atoms with Crippen molar-refractivity contribution in [3.05, 3.63) is 118 Å². The number of carbonyl (C=O) groups excluding carboxylic acids is 3. The molecular weight excluding hydrogens is 620 g/mol. The van der Waals surface area contributed by atoms with Crippen LogP contribution in [0.15, 0.2) is 91.0 Å². The zero-order chi connectivity index (χ0) is 33.5. The van der Waals surface area contributed by atoms with Gasteiger partial charge in [0.05, 0.1) is 31.0 Å². The number of aliphatic hydroxyl groups is 1. The number of hydrogen-bond acceptors (Lipinski definition) is 10. The van der Waals surface area contributed by atoms with Crippen LogP contribution in [0.5, 0.6) is 17.2 Å². The zero-order valence-corrected chi connectivity index (χ0v) is 27.0. The molecule has 242 valence electrons. The molecule has 1 N–H and O–H groups in total. The van der Waals surface area contributed by atoms with E-state index in [9.17, 15) is 19.5 Å². The highest BCUT2D eigenvalue weighted by molar-refractivity contribution is 7.17. The Hall–Kier alpha value is -5.42. The first-order chi connectivity index (χ1) is 22.8. The molecule has 1 atom stereocenters. The summed E-state index contributed by atoms with van der Waals surface area (Å²) < 4.78 is 22.6. The Labute approximate surface area is 276 Å². The van der Waals surface area contributed by atoms with Crippen LogP contribution in [0.4, 0.5) is 5.13 Å². The highest BCUT2D eigenvalue weighted by Crippen LogP contribution is 2.46. The van der Waals surface area contributed by atoms with E-state index >= 15 is 0 Å². The van der Waals surface area contributed by atoms with E-state index in [-0.39, 0.29) is 34.6 Å². The summed E-state index contributed by atoms with van der Waals surface area (Å²) in [6.45, 7) is 7.89. The van der Waals surface area contributed by atoms with E-state index in [0.29, 0.717) is 40.7 Å². The van der Waals surface area contributed by atoms with Gasteiger partial charge in [-0.15, -0.1) is 0 Å². The van der Waals surface area contributed by atoms with Gasteiger partial charge in [-0.05, 0) is 48.7 Å². The van der Waals surface area contributed by atoms with Gasteiger partial charge in [0, 0.05) is 5.56 Å². The molecule has 0 spiro atoms.